The van der Waals surface area contributed by atoms with E-state index in [9.17, 15) is 14.2 Å². The average Bonchev–Trinajstić information content (AvgIpc) is 2.92. The topological polar surface area (TPSA) is 90.9 Å². The monoisotopic (exact) mass is 533 g/mol. The third kappa shape index (κ3) is 7.03. The van der Waals surface area contributed by atoms with Crippen molar-refractivity contribution in [2.45, 2.75) is 11.9 Å². The van der Waals surface area contributed by atoms with Crippen LogP contribution < -0.4 is 14.4 Å². The number of esters is 1. The Labute approximate surface area is 220 Å². The zero-order chi connectivity index (χ0) is 26.1. The lowest BCUT2D eigenvalue weighted by Gasteiger charge is -2.28. The number of carbonyl (C=O) groups excluding carboxylic acids is 2. The molecular weight excluding hydrogens is 509 g/mol. The minimum absolute atomic E-state index is 0.177. The molecule has 0 saturated heterocycles. The van der Waals surface area contributed by atoms with Crippen LogP contribution in [-0.4, -0.2) is 17.0 Å². The summed E-state index contributed by atoms with van der Waals surface area (Å²) < 4.78 is 31.7. The summed E-state index contributed by atoms with van der Waals surface area (Å²) in [7, 11) is -4.48. The molecule has 4 aromatic rings. The van der Waals surface area contributed by atoms with Crippen molar-refractivity contribution in [3.8, 4) is 11.5 Å². The summed E-state index contributed by atoms with van der Waals surface area (Å²) >= 11 is 3.76. The molecule has 0 aromatic heterocycles. The van der Waals surface area contributed by atoms with Crippen LogP contribution in [0.4, 0.5) is 4.79 Å². The maximum absolute atomic E-state index is 14.3. The molecule has 1 N–H and O–H groups in total. The number of nitrogens with one attached hydrogen (secondary N) is 1. The molecule has 0 bridgehead atoms. The molecule has 0 aliphatic carbocycles. The van der Waals surface area contributed by atoms with E-state index in [4.69, 9.17) is 13.8 Å². The highest BCUT2D eigenvalue weighted by atomic mass is 32.1. The molecule has 1 unspecified atom stereocenters. The van der Waals surface area contributed by atoms with Crippen LogP contribution >= 0.6 is 20.2 Å². The van der Waals surface area contributed by atoms with Gasteiger partial charge in [0, 0.05) is 0 Å². The van der Waals surface area contributed by atoms with Crippen LogP contribution in [0.5, 0.6) is 11.5 Å². The molecule has 0 saturated carbocycles. The second kappa shape index (κ2) is 12.3. The maximum atomic E-state index is 14.3. The van der Waals surface area contributed by atoms with Crippen LogP contribution in [0.25, 0.3) is 0 Å². The summed E-state index contributed by atoms with van der Waals surface area (Å²) in [5.41, 5.74) is 1.36. The fourth-order valence-electron chi connectivity index (χ4n) is 3.53. The highest BCUT2D eigenvalue weighted by Crippen LogP contribution is 2.52. The van der Waals surface area contributed by atoms with Crippen LogP contribution in [0.1, 0.15) is 17.2 Å². The van der Waals surface area contributed by atoms with Gasteiger partial charge >= 0.3 is 13.6 Å². The fraction of sp³-hybridized carbons (Fsp3) is 0.0714. The van der Waals surface area contributed by atoms with E-state index in [1.54, 1.807) is 84.9 Å². The first-order valence-corrected chi connectivity index (χ1v) is 13.4. The lowest BCUT2D eigenvalue weighted by Crippen LogP contribution is -2.42. The molecule has 1 amide bonds. The molecule has 0 aliphatic heterocycles. The Kier molecular flexibility index (Phi) is 8.67. The lowest BCUT2D eigenvalue weighted by molar-refractivity contribution is -0.147. The van der Waals surface area contributed by atoms with E-state index in [1.807, 2.05) is 36.4 Å². The summed E-state index contributed by atoms with van der Waals surface area (Å²) in [5.74, 6) is -2.49. The van der Waals surface area contributed by atoms with Gasteiger partial charge in [0.2, 0.25) is 0 Å². The second-order valence-corrected chi connectivity index (χ2v) is 10.2. The average molecular weight is 534 g/mol. The van der Waals surface area contributed by atoms with Crippen molar-refractivity contribution in [1.82, 2.24) is 5.32 Å². The van der Waals surface area contributed by atoms with E-state index >= 15 is 0 Å². The smallest absolute Gasteiger partial charge is 0.450 e. The molecule has 4 aromatic carbocycles. The van der Waals surface area contributed by atoms with Crippen molar-refractivity contribution < 1.29 is 27.9 Å². The highest BCUT2D eigenvalue weighted by molar-refractivity contribution is 7.96. The fourth-order valence-corrected chi connectivity index (χ4v) is 5.43. The van der Waals surface area contributed by atoms with Crippen molar-refractivity contribution in [2.24, 2.45) is 0 Å². The first kappa shape index (κ1) is 26.1. The van der Waals surface area contributed by atoms with Crippen LogP contribution in [0.3, 0.4) is 0 Å². The van der Waals surface area contributed by atoms with Gasteiger partial charge in [-0.05, 0) is 35.4 Å². The van der Waals surface area contributed by atoms with Gasteiger partial charge in [0.1, 0.15) is 11.5 Å². The Bertz CT molecular complexity index is 1270. The number of para-hydroxylation sites is 2. The van der Waals surface area contributed by atoms with Crippen molar-refractivity contribution in [1.29, 1.82) is 0 Å². The molecule has 1 atom stereocenters. The van der Waals surface area contributed by atoms with Gasteiger partial charge in [0.25, 0.3) is 11.0 Å². The van der Waals surface area contributed by atoms with E-state index in [-0.39, 0.29) is 11.5 Å². The molecule has 37 heavy (non-hydrogen) atoms. The van der Waals surface area contributed by atoms with Crippen molar-refractivity contribution in [3.63, 3.8) is 0 Å². The predicted molar refractivity (Wildman–Crippen MR) is 144 cm³/mol. The van der Waals surface area contributed by atoms with Gasteiger partial charge in [-0.2, -0.15) is 0 Å². The Morgan fingerprint density at radius 2 is 1.03 bits per heavy atom. The van der Waals surface area contributed by atoms with Gasteiger partial charge in [0.05, 0.1) is 0 Å². The number of amides is 1. The van der Waals surface area contributed by atoms with E-state index in [0.29, 0.717) is 11.1 Å². The molecule has 7 nitrogen and oxygen atoms in total. The largest absolute Gasteiger partial charge is 0.464 e. The van der Waals surface area contributed by atoms with Gasteiger partial charge in [0.15, 0.2) is 6.10 Å². The molecule has 0 heterocycles. The summed E-state index contributed by atoms with van der Waals surface area (Å²) in [5, 5.41) is 1.40. The van der Waals surface area contributed by atoms with Gasteiger partial charge in [-0.25, -0.2) is 9.36 Å². The molecule has 0 aliphatic rings. The second-order valence-electron chi connectivity index (χ2n) is 7.84. The Morgan fingerprint density at radius 1 is 0.649 bits per heavy atom. The summed E-state index contributed by atoms with van der Waals surface area (Å²) in [6.07, 6.45) is -0.851. The molecule has 188 valence electrons. The SMILES string of the molecule is O=C(S)NC(C(=O)OC(c1ccccc1)c1ccccc1)P(=O)(Oc1ccccc1)Oc1ccccc1. The maximum Gasteiger partial charge on any atom is 0.464 e. The summed E-state index contributed by atoms with van der Waals surface area (Å²) in [6, 6.07) is 34.6. The predicted octanol–water partition coefficient (Wildman–Crippen LogP) is 6.64. The Hall–Kier alpha value is -4.00. The molecule has 0 fully saturated rings. The first-order chi connectivity index (χ1) is 17.9. The van der Waals surface area contributed by atoms with Crippen molar-refractivity contribution in [3.05, 3.63) is 132 Å². The Morgan fingerprint density at radius 3 is 1.41 bits per heavy atom. The number of benzene rings is 4. The molecule has 0 spiro atoms. The minimum atomic E-state index is -4.48. The number of hydrogen-bond donors (Lipinski definition) is 2. The van der Waals surface area contributed by atoms with E-state index < -0.39 is 30.7 Å². The van der Waals surface area contributed by atoms with Crippen LogP contribution in [0, 0.1) is 0 Å². The number of carbonyl (C=O) groups is 2. The van der Waals surface area contributed by atoms with E-state index in [0.717, 1.165) is 0 Å². The molecule has 9 heteroatoms. The van der Waals surface area contributed by atoms with Crippen LogP contribution in [0.2, 0.25) is 0 Å². The lowest BCUT2D eigenvalue weighted by atomic mass is 10.0. The van der Waals surface area contributed by atoms with Gasteiger partial charge in [-0.15, -0.1) is 0 Å². The summed E-state index contributed by atoms with van der Waals surface area (Å²) in [6.45, 7) is 0. The number of ether oxygens (including phenoxy) is 1. The van der Waals surface area contributed by atoms with Crippen LogP contribution in [-0.2, 0) is 14.1 Å². The quantitative estimate of drug-likeness (QED) is 0.135. The van der Waals surface area contributed by atoms with Crippen LogP contribution in [0.15, 0.2) is 121 Å². The highest BCUT2D eigenvalue weighted by Gasteiger charge is 2.47. The van der Waals surface area contributed by atoms with Crippen molar-refractivity contribution in [2.75, 3.05) is 0 Å². The van der Waals surface area contributed by atoms with E-state index in [1.165, 1.54) is 0 Å². The minimum Gasteiger partial charge on any atom is -0.450 e. The zero-order valence-electron chi connectivity index (χ0n) is 19.5. The van der Waals surface area contributed by atoms with Crippen molar-refractivity contribution >= 4 is 31.4 Å². The van der Waals surface area contributed by atoms with Gasteiger partial charge in [-0.3, -0.25) is 4.79 Å². The van der Waals surface area contributed by atoms with E-state index in [2.05, 4.69) is 17.9 Å². The first-order valence-electron chi connectivity index (χ1n) is 11.3. The number of rotatable bonds is 10. The number of thiol groups is 1. The Balaban J connectivity index is 1.73. The van der Waals surface area contributed by atoms with Gasteiger partial charge in [-0.1, -0.05) is 110 Å². The molecule has 0 radical (unpaired) electrons. The summed E-state index contributed by atoms with van der Waals surface area (Å²) in [4.78, 5) is 25.7. The standard InChI is InChI=1S/C28H24NO6PS/c30-27(33-25(21-13-5-1-6-14-21)22-15-7-2-8-16-22)26(29-28(31)37)36(32,34-23-17-9-3-10-18-23)35-24-19-11-4-12-20-24/h1-20,25-26H,(H2,29,31,37). The molecular formula is C28H24NO6PS. The zero-order valence-corrected chi connectivity index (χ0v) is 21.3. The normalized spacial score (nSPS) is 11.8. The third-order valence-corrected chi connectivity index (χ3v) is 7.22. The molecule has 4 rings (SSSR count). The number of hydrogen-bond acceptors (Lipinski definition) is 6. The third-order valence-electron chi connectivity index (χ3n) is 5.19. The van der Waals surface area contributed by atoms with Gasteiger partial charge < -0.3 is 19.1 Å².